The molecule has 1 aromatic heterocycles. The number of ether oxygens (including phenoxy) is 2. The summed E-state index contributed by atoms with van der Waals surface area (Å²) in [4.78, 5) is 4.00. The van der Waals surface area contributed by atoms with Crippen LogP contribution in [0.4, 0.5) is 8.78 Å². The van der Waals surface area contributed by atoms with Gasteiger partial charge in [0.2, 0.25) is 0 Å². The molecule has 0 fully saturated rings. The second kappa shape index (κ2) is 14.6. The highest BCUT2D eigenvalue weighted by molar-refractivity contribution is 7.71. The van der Waals surface area contributed by atoms with Crippen molar-refractivity contribution >= 4 is 24.6 Å². The molecule has 0 spiro atoms. The minimum atomic E-state index is -0.738. The monoisotopic (exact) mass is 445 g/mol. The molecule has 0 aliphatic carbocycles. The van der Waals surface area contributed by atoms with Gasteiger partial charge in [-0.3, -0.25) is 4.99 Å². The molecule has 0 aliphatic rings. The van der Waals surface area contributed by atoms with Crippen molar-refractivity contribution in [1.82, 2.24) is 9.78 Å². The first-order valence-corrected chi connectivity index (χ1v) is 9.69. The van der Waals surface area contributed by atoms with Gasteiger partial charge in [-0.15, -0.1) is 0 Å². The van der Waals surface area contributed by atoms with E-state index in [-0.39, 0.29) is 18.6 Å². The first-order valence-electron chi connectivity index (χ1n) is 9.28. The first-order chi connectivity index (χ1) is 15.0. The second-order valence-corrected chi connectivity index (χ2v) is 6.19. The molecule has 0 amide bonds. The quantitative estimate of drug-likeness (QED) is 0.159. The van der Waals surface area contributed by atoms with E-state index in [1.54, 1.807) is 30.6 Å². The van der Waals surface area contributed by atoms with Gasteiger partial charge in [-0.1, -0.05) is 24.9 Å². The van der Waals surface area contributed by atoms with Crippen LogP contribution < -0.4 is 0 Å². The number of nitrogens with zero attached hydrogens (tertiary/aromatic N) is 3. The fraction of sp³-hybridized carbons (Fsp3) is 0.174. The standard InChI is InChI=1S/C23H25F2N3O2S/c1-5-7-21(26-4)19(10-14-29-6-2)11-15-30-17-22-23(31)9-13-28(27-22)20(8-12-24)16-18(3)25/h5,7-16H,3-4,6,17H2,1-2H3/b7-5-,12-8+,14-10+,15-11+,20-16+,21-19+. The lowest BCUT2D eigenvalue weighted by atomic mass is 10.2. The van der Waals surface area contributed by atoms with Crippen molar-refractivity contribution < 1.29 is 18.3 Å². The lowest BCUT2D eigenvalue weighted by molar-refractivity contribution is 0.230. The third-order valence-electron chi connectivity index (χ3n) is 3.55. The summed E-state index contributed by atoms with van der Waals surface area (Å²) in [6.45, 7) is 11.1. The van der Waals surface area contributed by atoms with Crippen LogP contribution >= 0.6 is 12.2 Å². The van der Waals surface area contributed by atoms with Crippen LogP contribution in [0.3, 0.4) is 0 Å². The highest BCUT2D eigenvalue weighted by atomic mass is 32.1. The summed E-state index contributed by atoms with van der Waals surface area (Å²) >= 11 is 5.26. The number of allylic oxidation sites excluding steroid dienone is 9. The largest absolute Gasteiger partial charge is 0.501 e. The van der Waals surface area contributed by atoms with Crippen LogP contribution in [0.2, 0.25) is 0 Å². The van der Waals surface area contributed by atoms with Gasteiger partial charge in [-0.2, -0.15) is 5.10 Å². The highest BCUT2D eigenvalue weighted by Crippen LogP contribution is 2.14. The molecule has 0 N–H and O–H groups in total. The van der Waals surface area contributed by atoms with E-state index in [4.69, 9.17) is 21.7 Å². The maximum absolute atomic E-state index is 13.2. The Balaban J connectivity index is 3.08. The smallest absolute Gasteiger partial charge is 0.133 e. The van der Waals surface area contributed by atoms with Gasteiger partial charge in [-0.25, -0.2) is 13.5 Å². The second-order valence-electron chi connectivity index (χ2n) is 5.75. The van der Waals surface area contributed by atoms with E-state index in [0.717, 1.165) is 17.7 Å². The molecule has 31 heavy (non-hydrogen) atoms. The minimum absolute atomic E-state index is 0.0439. The molecule has 0 radical (unpaired) electrons. The lowest BCUT2D eigenvalue weighted by Crippen LogP contribution is -2.06. The Morgan fingerprint density at radius 1 is 1.26 bits per heavy atom. The molecule has 5 nitrogen and oxygen atoms in total. The van der Waals surface area contributed by atoms with Gasteiger partial charge >= 0.3 is 0 Å². The van der Waals surface area contributed by atoms with Crippen LogP contribution in [0, 0.1) is 4.51 Å². The number of hydrogen-bond acceptors (Lipinski definition) is 5. The molecule has 0 aliphatic heterocycles. The molecule has 1 rings (SSSR count). The van der Waals surface area contributed by atoms with Crippen molar-refractivity contribution in [3.8, 4) is 0 Å². The third-order valence-corrected chi connectivity index (χ3v) is 3.92. The molecule has 0 saturated heterocycles. The topological polar surface area (TPSA) is 48.6 Å². The predicted molar refractivity (Wildman–Crippen MR) is 124 cm³/mol. The zero-order valence-electron chi connectivity index (χ0n) is 17.5. The van der Waals surface area contributed by atoms with Crippen molar-refractivity contribution in [1.29, 1.82) is 0 Å². The van der Waals surface area contributed by atoms with Crippen LogP contribution in [0.15, 0.2) is 96.2 Å². The van der Waals surface area contributed by atoms with E-state index in [1.807, 2.05) is 19.9 Å². The van der Waals surface area contributed by atoms with E-state index in [1.165, 1.54) is 17.1 Å². The number of rotatable bonds is 12. The molecule has 0 aromatic carbocycles. The highest BCUT2D eigenvalue weighted by Gasteiger charge is 2.04. The molecule has 1 aromatic rings. The maximum Gasteiger partial charge on any atom is 0.133 e. The zero-order chi connectivity index (χ0) is 23.1. The van der Waals surface area contributed by atoms with E-state index >= 15 is 0 Å². The van der Waals surface area contributed by atoms with E-state index in [0.29, 0.717) is 22.5 Å². The average Bonchev–Trinajstić information content (AvgIpc) is 2.74. The van der Waals surface area contributed by atoms with Crippen molar-refractivity contribution in [2.75, 3.05) is 6.61 Å². The van der Waals surface area contributed by atoms with Crippen LogP contribution in [-0.2, 0) is 16.1 Å². The fourth-order valence-electron chi connectivity index (χ4n) is 2.20. The number of aliphatic imine (C=N–C) groups is 1. The molecule has 0 saturated carbocycles. The normalized spacial score (nSPS) is 13.4. The molecular weight excluding hydrogens is 420 g/mol. The van der Waals surface area contributed by atoms with Crippen molar-refractivity contribution in [2.45, 2.75) is 20.5 Å². The Morgan fingerprint density at radius 3 is 2.55 bits per heavy atom. The van der Waals surface area contributed by atoms with Gasteiger partial charge in [0, 0.05) is 11.8 Å². The lowest BCUT2D eigenvalue weighted by Gasteiger charge is -2.09. The molecule has 1 heterocycles. The van der Waals surface area contributed by atoms with Crippen LogP contribution in [0.5, 0.6) is 0 Å². The Morgan fingerprint density at radius 2 is 1.97 bits per heavy atom. The van der Waals surface area contributed by atoms with Gasteiger partial charge in [0.05, 0.1) is 41.4 Å². The molecule has 164 valence electrons. The van der Waals surface area contributed by atoms with Crippen LogP contribution in [0.25, 0.3) is 5.70 Å². The Labute approximate surface area is 186 Å². The van der Waals surface area contributed by atoms with Gasteiger partial charge in [0.25, 0.3) is 0 Å². The zero-order valence-corrected chi connectivity index (χ0v) is 18.3. The first kappa shape index (κ1) is 25.6. The summed E-state index contributed by atoms with van der Waals surface area (Å²) in [6, 6.07) is 1.59. The molecule has 0 bridgehead atoms. The van der Waals surface area contributed by atoms with Gasteiger partial charge in [-0.05, 0) is 57.0 Å². The van der Waals surface area contributed by atoms with Crippen molar-refractivity contribution in [3.05, 3.63) is 101 Å². The Bertz CT molecular complexity index is 1000. The molecule has 8 heteroatoms. The molecular formula is C23H25F2N3O2S. The van der Waals surface area contributed by atoms with E-state index < -0.39 is 5.83 Å². The summed E-state index contributed by atoms with van der Waals surface area (Å²) in [6.07, 6.45) is 14.0. The van der Waals surface area contributed by atoms with Crippen molar-refractivity contribution in [2.24, 2.45) is 4.99 Å². The SMILES string of the molecule is C=NC(/C=C\C)=C(\C=C\OCC)/C=C/OCc1nn(C(/C=C/F)=C/C(=C)F)ccc1=S. The van der Waals surface area contributed by atoms with Gasteiger partial charge < -0.3 is 9.47 Å². The average molecular weight is 446 g/mol. The van der Waals surface area contributed by atoms with Crippen LogP contribution in [-0.4, -0.2) is 23.1 Å². The summed E-state index contributed by atoms with van der Waals surface area (Å²) in [5.41, 5.74) is 1.91. The van der Waals surface area contributed by atoms with Gasteiger partial charge in [0.15, 0.2) is 0 Å². The Kier molecular flexibility index (Phi) is 12.1. The Hall–Kier alpha value is -3.39. The summed E-state index contributed by atoms with van der Waals surface area (Å²) < 4.78 is 38.3. The van der Waals surface area contributed by atoms with E-state index in [2.05, 4.69) is 23.4 Å². The maximum atomic E-state index is 13.2. The summed E-state index contributed by atoms with van der Waals surface area (Å²) in [7, 11) is 0. The van der Waals surface area contributed by atoms with Gasteiger partial charge in [0.1, 0.15) is 18.1 Å². The molecule has 0 unspecified atom stereocenters. The summed E-state index contributed by atoms with van der Waals surface area (Å²) in [5.74, 6) is -0.738. The van der Waals surface area contributed by atoms with Crippen molar-refractivity contribution in [3.63, 3.8) is 0 Å². The minimum Gasteiger partial charge on any atom is -0.501 e. The van der Waals surface area contributed by atoms with Crippen LogP contribution in [0.1, 0.15) is 19.5 Å². The molecule has 0 atom stereocenters. The van der Waals surface area contributed by atoms with E-state index in [9.17, 15) is 8.78 Å². The fourth-order valence-corrected chi connectivity index (χ4v) is 2.36. The number of hydrogen-bond donors (Lipinski definition) is 0. The summed E-state index contributed by atoms with van der Waals surface area (Å²) in [5, 5.41) is 4.28. The number of halogens is 2. The predicted octanol–water partition coefficient (Wildman–Crippen LogP) is 6.53. The number of aromatic nitrogens is 2. The third kappa shape index (κ3) is 9.31.